The van der Waals surface area contributed by atoms with E-state index in [-0.39, 0.29) is 23.4 Å². The molecular weight excluding hydrogens is 460 g/mol. The number of anilines is 1. The van der Waals surface area contributed by atoms with Crippen molar-refractivity contribution in [1.82, 2.24) is 5.32 Å². The summed E-state index contributed by atoms with van der Waals surface area (Å²) in [4.78, 5) is 13.4. The number of nitrogens with one attached hydrogen (secondary N) is 1. The van der Waals surface area contributed by atoms with Crippen LogP contribution in [0.4, 0.5) is 5.69 Å². The Bertz CT molecular complexity index is 1190. The second-order valence-electron chi connectivity index (χ2n) is 8.91. The van der Waals surface area contributed by atoms with E-state index in [0.29, 0.717) is 24.0 Å². The van der Waals surface area contributed by atoms with Crippen molar-refractivity contribution in [1.29, 1.82) is 0 Å². The highest BCUT2D eigenvalue weighted by Crippen LogP contribution is 2.27. The summed E-state index contributed by atoms with van der Waals surface area (Å²) in [5.74, 6) is 0.609. The van der Waals surface area contributed by atoms with Gasteiger partial charge in [0.15, 0.2) is 0 Å². The highest BCUT2D eigenvalue weighted by molar-refractivity contribution is 7.92. The third kappa shape index (κ3) is 7.09. The zero-order valence-corrected chi connectivity index (χ0v) is 21.6. The molecule has 186 valence electrons. The predicted octanol–water partition coefficient (Wildman–Crippen LogP) is 5.49. The highest BCUT2D eigenvalue weighted by Gasteiger charge is 2.28. The summed E-state index contributed by atoms with van der Waals surface area (Å²) < 4.78 is 33.9. The van der Waals surface area contributed by atoms with E-state index in [1.165, 1.54) is 0 Å². The highest BCUT2D eigenvalue weighted by atomic mass is 32.2. The van der Waals surface area contributed by atoms with Gasteiger partial charge in [-0.25, -0.2) is 8.42 Å². The largest absolute Gasteiger partial charge is 0.494 e. The van der Waals surface area contributed by atoms with Crippen LogP contribution in [0.25, 0.3) is 0 Å². The number of nitrogens with zero attached hydrogens (tertiary/aromatic N) is 1. The Morgan fingerprint density at radius 3 is 2.14 bits per heavy atom. The Morgan fingerprint density at radius 1 is 0.943 bits per heavy atom. The maximum absolute atomic E-state index is 13.6. The van der Waals surface area contributed by atoms with Gasteiger partial charge in [-0.05, 0) is 68.1 Å². The van der Waals surface area contributed by atoms with Gasteiger partial charge in [0.2, 0.25) is 5.91 Å². The van der Waals surface area contributed by atoms with Gasteiger partial charge in [0, 0.05) is 0 Å². The molecule has 1 atom stereocenters. The molecule has 0 bridgehead atoms. The molecule has 0 aliphatic heterocycles. The molecule has 0 heterocycles. The van der Waals surface area contributed by atoms with Crippen LogP contribution in [0, 0.1) is 12.8 Å². The number of sulfonamides is 1. The molecule has 3 rings (SSSR count). The Hall–Kier alpha value is -3.32. The standard InChI is InChI=1S/C28H34N2O4S/c1-5-34-25-15-13-24(14-16-25)30(35(32,33)26-17-11-22(4)12-18-26)20-28(31)29-27(19-21(2)3)23-9-7-6-8-10-23/h6-18,21,27H,5,19-20H2,1-4H3,(H,29,31). The second kappa shape index (κ2) is 11.9. The molecule has 0 aliphatic carbocycles. The lowest BCUT2D eigenvalue weighted by Crippen LogP contribution is -2.42. The van der Waals surface area contributed by atoms with Gasteiger partial charge in [-0.1, -0.05) is 61.9 Å². The second-order valence-corrected chi connectivity index (χ2v) is 10.8. The first-order valence-electron chi connectivity index (χ1n) is 11.9. The summed E-state index contributed by atoms with van der Waals surface area (Å²) in [6, 6.07) is 22.9. The molecule has 7 heteroatoms. The van der Waals surface area contributed by atoms with Crippen molar-refractivity contribution < 1.29 is 17.9 Å². The molecule has 1 unspecified atom stereocenters. The van der Waals surface area contributed by atoms with Crippen molar-refractivity contribution in [3.05, 3.63) is 90.0 Å². The Morgan fingerprint density at radius 2 is 1.57 bits per heavy atom. The topological polar surface area (TPSA) is 75.7 Å². The van der Waals surface area contributed by atoms with E-state index in [1.54, 1.807) is 48.5 Å². The molecule has 3 aromatic carbocycles. The van der Waals surface area contributed by atoms with Crippen LogP contribution in [0.15, 0.2) is 83.8 Å². The van der Waals surface area contributed by atoms with Crippen molar-refractivity contribution in [2.45, 2.75) is 45.1 Å². The van der Waals surface area contributed by atoms with Crippen LogP contribution < -0.4 is 14.4 Å². The number of hydrogen-bond acceptors (Lipinski definition) is 4. The number of ether oxygens (including phenoxy) is 1. The number of aryl methyl sites for hydroxylation is 1. The molecule has 0 radical (unpaired) electrons. The van der Waals surface area contributed by atoms with Crippen LogP contribution >= 0.6 is 0 Å². The molecule has 35 heavy (non-hydrogen) atoms. The van der Waals surface area contributed by atoms with Crippen LogP contribution in [0.5, 0.6) is 5.75 Å². The zero-order valence-electron chi connectivity index (χ0n) is 20.8. The fraction of sp³-hybridized carbons (Fsp3) is 0.321. The Balaban J connectivity index is 1.92. The van der Waals surface area contributed by atoms with E-state index in [1.807, 2.05) is 44.2 Å². The Kier molecular flexibility index (Phi) is 8.93. The van der Waals surface area contributed by atoms with Gasteiger partial charge >= 0.3 is 0 Å². The molecule has 0 saturated heterocycles. The quantitative estimate of drug-likeness (QED) is 0.382. The average Bonchev–Trinajstić information content (AvgIpc) is 2.83. The smallest absolute Gasteiger partial charge is 0.264 e. The fourth-order valence-electron chi connectivity index (χ4n) is 3.83. The third-order valence-electron chi connectivity index (χ3n) is 5.58. The third-order valence-corrected chi connectivity index (χ3v) is 7.36. The van der Waals surface area contributed by atoms with Crippen molar-refractivity contribution in [2.75, 3.05) is 17.5 Å². The number of hydrogen-bond donors (Lipinski definition) is 1. The number of benzene rings is 3. The molecule has 6 nitrogen and oxygen atoms in total. The van der Waals surface area contributed by atoms with E-state index < -0.39 is 10.0 Å². The Labute approximate surface area is 209 Å². The monoisotopic (exact) mass is 494 g/mol. The number of rotatable bonds is 11. The van der Waals surface area contributed by atoms with E-state index >= 15 is 0 Å². The van der Waals surface area contributed by atoms with Gasteiger partial charge in [0.05, 0.1) is 23.2 Å². The van der Waals surface area contributed by atoms with Gasteiger partial charge in [-0.2, -0.15) is 0 Å². The van der Waals surface area contributed by atoms with Gasteiger partial charge in [-0.15, -0.1) is 0 Å². The first-order chi connectivity index (χ1) is 16.7. The lowest BCUT2D eigenvalue weighted by atomic mass is 9.97. The van der Waals surface area contributed by atoms with Crippen molar-refractivity contribution in [3.63, 3.8) is 0 Å². The lowest BCUT2D eigenvalue weighted by Gasteiger charge is -2.27. The maximum atomic E-state index is 13.6. The summed E-state index contributed by atoms with van der Waals surface area (Å²) in [6.45, 7) is 8.13. The SMILES string of the molecule is CCOc1ccc(N(CC(=O)NC(CC(C)C)c2ccccc2)S(=O)(=O)c2ccc(C)cc2)cc1. The fourth-order valence-corrected chi connectivity index (χ4v) is 5.25. The first kappa shape index (κ1) is 26.3. The van der Waals surface area contributed by atoms with Crippen LogP contribution in [0.2, 0.25) is 0 Å². The summed E-state index contributed by atoms with van der Waals surface area (Å²) in [6.07, 6.45) is 0.740. The van der Waals surface area contributed by atoms with Crippen LogP contribution in [-0.4, -0.2) is 27.5 Å². The van der Waals surface area contributed by atoms with Crippen LogP contribution in [0.3, 0.4) is 0 Å². The van der Waals surface area contributed by atoms with Crippen molar-refractivity contribution in [3.8, 4) is 5.75 Å². The van der Waals surface area contributed by atoms with Crippen LogP contribution in [-0.2, 0) is 14.8 Å². The molecular formula is C28H34N2O4S. The van der Waals surface area contributed by atoms with E-state index in [4.69, 9.17) is 4.74 Å². The normalized spacial score (nSPS) is 12.3. The first-order valence-corrected chi connectivity index (χ1v) is 13.3. The van der Waals surface area contributed by atoms with Gasteiger partial charge in [-0.3, -0.25) is 9.10 Å². The molecule has 3 aromatic rings. The number of amides is 1. The van der Waals surface area contributed by atoms with Gasteiger partial charge < -0.3 is 10.1 Å². The van der Waals surface area contributed by atoms with Crippen molar-refractivity contribution in [2.24, 2.45) is 5.92 Å². The predicted molar refractivity (Wildman–Crippen MR) is 140 cm³/mol. The number of carbonyl (C=O) groups excluding carboxylic acids is 1. The van der Waals surface area contributed by atoms with E-state index in [2.05, 4.69) is 19.2 Å². The lowest BCUT2D eigenvalue weighted by molar-refractivity contribution is -0.120. The summed E-state index contributed by atoms with van der Waals surface area (Å²) in [5.41, 5.74) is 2.33. The summed E-state index contributed by atoms with van der Waals surface area (Å²) in [7, 11) is -3.98. The molecule has 1 N–H and O–H groups in total. The van der Waals surface area contributed by atoms with E-state index in [0.717, 1.165) is 21.9 Å². The molecule has 0 fully saturated rings. The minimum absolute atomic E-state index is 0.131. The summed E-state index contributed by atoms with van der Waals surface area (Å²) in [5, 5.41) is 3.06. The van der Waals surface area contributed by atoms with E-state index in [9.17, 15) is 13.2 Å². The van der Waals surface area contributed by atoms with Gasteiger partial charge in [0.1, 0.15) is 12.3 Å². The minimum atomic E-state index is -3.98. The molecule has 0 saturated carbocycles. The molecule has 1 amide bonds. The summed E-state index contributed by atoms with van der Waals surface area (Å²) >= 11 is 0. The zero-order chi connectivity index (χ0) is 25.4. The van der Waals surface area contributed by atoms with Crippen molar-refractivity contribution >= 4 is 21.6 Å². The minimum Gasteiger partial charge on any atom is -0.494 e. The van der Waals surface area contributed by atoms with Crippen LogP contribution in [0.1, 0.15) is 44.4 Å². The number of carbonyl (C=O) groups is 1. The molecule has 0 aliphatic rings. The maximum Gasteiger partial charge on any atom is 0.264 e. The molecule has 0 spiro atoms. The van der Waals surface area contributed by atoms with Gasteiger partial charge in [0.25, 0.3) is 10.0 Å². The molecule has 0 aromatic heterocycles. The average molecular weight is 495 g/mol.